The lowest BCUT2D eigenvalue weighted by molar-refractivity contribution is -0.135. The zero-order chi connectivity index (χ0) is 25.3. The molecule has 198 valence electrons. The van der Waals surface area contributed by atoms with Crippen LogP contribution in [0.15, 0.2) is 18.2 Å². The summed E-state index contributed by atoms with van der Waals surface area (Å²) in [6.45, 7) is 3.67. The zero-order valence-electron chi connectivity index (χ0n) is 21.8. The van der Waals surface area contributed by atoms with Gasteiger partial charge in [0, 0.05) is 50.4 Å². The van der Waals surface area contributed by atoms with E-state index in [0.717, 1.165) is 32.0 Å². The van der Waals surface area contributed by atoms with E-state index in [2.05, 4.69) is 22.2 Å². The van der Waals surface area contributed by atoms with Gasteiger partial charge in [-0.15, -0.1) is 0 Å². The van der Waals surface area contributed by atoms with Crippen molar-refractivity contribution in [2.24, 2.45) is 5.92 Å². The van der Waals surface area contributed by atoms with Crippen LogP contribution in [0.4, 0.5) is 4.39 Å². The Balaban J connectivity index is 1.17. The first-order valence-corrected chi connectivity index (χ1v) is 13.7. The highest BCUT2D eigenvalue weighted by atomic mass is 19.1. The van der Waals surface area contributed by atoms with Gasteiger partial charge in [-0.2, -0.15) is 0 Å². The number of likely N-dealkylation sites (N-methyl/N-ethyl adjacent to an activating group) is 1. The predicted octanol–water partition coefficient (Wildman–Crippen LogP) is 3.17. The maximum Gasteiger partial charge on any atom is 0.243 e. The Hall–Kier alpha value is -2.19. The summed E-state index contributed by atoms with van der Waals surface area (Å²) in [5.41, 5.74) is 0.147. The summed E-state index contributed by atoms with van der Waals surface area (Å²) >= 11 is 0. The minimum absolute atomic E-state index is 0.00376. The third-order valence-electron chi connectivity index (χ3n) is 9.14. The highest BCUT2D eigenvalue weighted by Gasteiger charge is 2.49. The quantitative estimate of drug-likeness (QED) is 0.650. The molecular formula is C28H41FN4O3. The second-order valence-electron chi connectivity index (χ2n) is 11.6. The van der Waals surface area contributed by atoms with Crippen molar-refractivity contribution in [1.82, 2.24) is 20.0 Å². The molecule has 1 spiro atoms. The van der Waals surface area contributed by atoms with Gasteiger partial charge in [-0.25, -0.2) is 4.39 Å². The van der Waals surface area contributed by atoms with Gasteiger partial charge in [-0.3, -0.25) is 14.5 Å². The molecule has 1 saturated carbocycles. The summed E-state index contributed by atoms with van der Waals surface area (Å²) in [7, 11) is 3.69. The van der Waals surface area contributed by atoms with Crippen LogP contribution in [0, 0.1) is 11.7 Å². The average molecular weight is 501 g/mol. The van der Waals surface area contributed by atoms with E-state index in [1.54, 1.807) is 12.1 Å². The fourth-order valence-corrected chi connectivity index (χ4v) is 6.83. The summed E-state index contributed by atoms with van der Waals surface area (Å²) < 4.78 is 19.5. The fraction of sp³-hybridized carbons (Fsp3) is 0.714. The van der Waals surface area contributed by atoms with E-state index in [1.165, 1.54) is 45.3 Å². The van der Waals surface area contributed by atoms with E-state index in [-0.39, 0.29) is 29.7 Å². The predicted molar refractivity (Wildman–Crippen MR) is 136 cm³/mol. The molecule has 1 aromatic rings. The normalized spacial score (nSPS) is 27.3. The number of hydrogen-bond acceptors (Lipinski definition) is 5. The number of likely N-dealkylation sites (tertiary alicyclic amines) is 1. The molecule has 2 atom stereocenters. The first-order chi connectivity index (χ1) is 17.4. The second kappa shape index (κ2) is 10.7. The summed E-state index contributed by atoms with van der Waals surface area (Å²) in [5, 5.41) is 3.31. The Labute approximate surface area is 214 Å². The van der Waals surface area contributed by atoms with E-state index in [4.69, 9.17) is 4.74 Å². The number of ether oxygens (including phenoxy) is 1. The molecule has 0 radical (unpaired) electrons. The number of methoxy groups -OCH3 is 1. The van der Waals surface area contributed by atoms with Crippen molar-refractivity contribution in [2.75, 3.05) is 40.3 Å². The van der Waals surface area contributed by atoms with Crippen LogP contribution in [0.5, 0.6) is 5.75 Å². The molecule has 8 heteroatoms. The number of nitrogens with zero attached hydrogens (tertiary/aromatic N) is 3. The fourth-order valence-electron chi connectivity index (χ4n) is 6.83. The van der Waals surface area contributed by atoms with Crippen molar-refractivity contribution >= 4 is 11.8 Å². The van der Waals surface area contributed by atoms with Gasteiger partial charge in [0.15, 0.2) is 0 Å². The van der Waals surface area contributed by atoms with Gasteiger partial charge < -0.3 is 19.9 Å². The van der Waals surface area contributed by atoms with Gasteiger partial charge in [0.1, 0.15) is 17.6 Å². The van der Waals surface area contributed by atoms with E-state index in [0.29, 0.717) is 43.7 Å². The van der Waals surface area contributed by atoms with Crippen molar-refractivity contribution in [1.29, 1.82) is 0 Å². The topological polar surface area (TPSA) is 65.1 Å². The van der Waals surface area contributed by atoms with Crippen LogP contribution in [0.2, 0.25) is 0 Å². The zero-order valence-corrected chi connectivity index (χ0v) is 21.8. The molecule has 1 aromatic carbocycles. The molecule has 2 amide bonds. The van der Waals surface area contributed by atoms with Crippen LogP contribution in [0.1, 0.15) is 63.4 Å². The van der Waals surface area contributed by atoms with Gasteiger partial charge in [0.05, 0.1) is 19.1 Å². The van der Waals surface area contributed by atoms with Gasteiger partial charge in [-0.05, 0) is 51.1 Å². The van der Waals surface area contributed by atoms with Crippen molar-refractivity contribution in [2.45, 2.75) is 82.0 Å². The molecule has 36 heavy (non-hydrogen) atoms. The highest BCUT2D eigenvalue weighted by Crippen LogP contribution is 2.34. The number of amides is 2. The minimum atomic E-state index is -0.489. The number of rotatable bonds is 6. The number of piperidine rings is 1. The number of halogens is 1. The number of carbonyl (C=O) groups excluding carboxylic acids is 2. The van der Waals surface area contributed by atoms with Crippen LogP contribution < -0.4 is 10.1 Å². The van der Waals surface area contributed by atoms with Gasteiger partial charge >= 0.3 is 0 Å². The molecule has 0 unspecified atom stereocenters. The van der Waals surface area contributed by atoms with E-state index in [9.17, 15) is 14.0 Å². The van der Waals surface area contributed by atoms with Crippen LogP contribution in [0.3, 0.4) is 0 Å². The summed E-state index contributed by atoms with van der Waals surface area (Å²) in [5.74, 6) is 1.09. The molecule has 5 rings (SSSR count). The molecule has 3 saturated heterocycles. The van der Waals surface area contributed by atoms with E-state index < -0.39 is 5.54 Å². The molecule has 0 aromatic heterocycles. The lowest BCUT2D eigenvalue weighted by Gasteiger charge is -2.41. The Morgan fingerprint density at radius 3 is 2.61 bits per heavy atom. The van der Waals surface area contributed by atoms with Crippen LogP contribution in [-0.2, 0) is 16.1 Å². The Morgan fingerprint density at radius 2 is 1.92 bits per heavy atom. The smallest absolute Gasteiger partial charge is 0.243 e. The molecule has 3 heterocycles. The molecule has 0 bridgehead atoms. The van der Waals surface area contributed by atoms with Gasteiger partial charge in [0.2, 0.25) is 11.8 Å². The third kappa shape index (κ3) is 5.40. The molecule has 4 fully saturated rings. The molecule has 4 aliphatic rings. The second-order valence-corrected chi connectivity index (χ2v) is 11.6. The Bertz CT molecular complexity index is 930. The van der Waals surface area contributed by atoms with E-state index >= 15 is 0 Å². The molecular weight excluding hydrogens is 459 g/mol. The number of fused-ring (bicyclic) bond motifs is 1. The third-order valence-corrected chi connectivity index (χ3v) is 9.14. The molecule has 7 nitrogen and oxygen atoms in total. The largest absolute Gasteiger partial charge is 0.497 e. The summed E-state index contributed by atoms with van der Waals surface area (Å²) in [6.07, 6.45) is 9.09. The molecule has 1 aliphatic carbocycles. The maximum atomic E-state index is 14.4. The monoisotopic (exact) mass is 500 g/mol. The van der Waals surface area contributed by atoms with Crippen LogP contribution in [-0.4, -0.2) is 84.5 Å². The lowest BCUT2D eigenvalue weighted by Crippen LogP contribution is -2.56. The van der Waals surface area contributed by atoms with E-state index in [1.807, 2.05) is 4.90 Å². The molecule has 1 N–H and O–H groups in total. The minimum Gasteiger partial charge on any atom is -0.497 e. The number of benzene rings is 1. The van der Waals surface area contributed by atoms with Gasteiger partial charge in [-0.1, -0.05) is 25.3 Å². The van der Waals surface area contributed by atoms with Gasteiger partial charge in [0.25, 0.3) is 0 Å². The first-order valence-electron chi connectivity index (χ1n) is 13.7. The standard InChI is InChI=1S/C28H41FN4O3/c1-31(17-20-6-4-3-5-7-20)22-14-25-27(35)30-28(16-26(34)33(25)19-22)10-12-32(13-11-28)18-21-8-9-23(36-2)15-24(21)29/h8-9,15,20,22,25H,3-7,10-14,16-19H2,1-2H3,(H,30,35)/t22-,25-/m0/s1. The van der Waals surface area contributed by atoms with Crippen molar-refractivity contribution < 1.29 is 18.7 Å². The summed E-state index contributed by atoms with van der Waals surface area (Å²) in [4.78, 5) is 33.2. The number of hydrogen-bond donors (Lipinski definition) is 1. The maximum absolute atomic E-state index is 14.4. The molecule has 3 aliphatic heterocycles. The van der Waals surface area contributed by atoms with Crippen molar-refractivity contribution in [3.8, 4) is 5.75 Å². The SMILES string of the molecule is COc1ccc(CN2CCC3(CC2)CC(=O)N2C[C@@H](N(C)CC4CCCCC4)C[C@H]2C(=O)N3)c(F)c1. The highest BCUT2D eigenvalue weighted by molar-refractivity contribution is 5.92. The number of carbonyl (C=O) groups is 2. The van der Waals surface area contributed by atoms with Crippen LogP contribution in [0.25, 0.3) is 0 Å². The summed E-state index contributed by atoms with van der Waals surface area (Å²) in [6, 6.07) is 4.86. The first kappa shape index (κ1) is 25.5. The lowest BCUT2D eigenvalue weighted by atomic mass is 9.83. The number of nitrogens with one attached hydrogen (secondary N) is 1. The van der Waals surface area contributed by atoms with Crippen molar-refractivity contribution in [3.05, 3.63) is 29.6 Å². The Kier molecular flexibility index (Phi) is 7.54. The van der Waals surface area contributed by atoms with Crippen LogP contribution >= 0.6 is 0 Å². The average Bonchev–Trinajstić information content (AvgIpc) is 3.30. The van der Waals surface area contributed by atoms with Crippen molar-refractivity contribution in [3.63, 3.8) is 0 Å². The Morgan fingerprint density at radius 1 is 1.17 bits per heavy atom.